The molecule has 1 unspecified atom stereocenters. The number of halogens is 1. The number of aliphatic hydroxyl groups excluding tert-OH is 1. The van der Waals surface area contributed by atoms with Gasteiger partial charge in [0.15, 0.2) is 5.76 Å². The van der Waals surface area contributed by atoms with Gasteiger partial charge in [-0.2, -0.15) is 0 Å². The number of benzene rings is 1. The van der Waals surface area contributed by atoms with Gasteiger partial charge in [-0.1, -0.05) is 41.5 Å². The van der Waals surface area contributed by atoms with Crippen molar-refractivity contribution in [3.63, 3.8) is 0 Å². The van der Waals surface area contributed by atoms with Crippen molar-refractivity contribution in [1.82, 2.24) is 5.16 Å². The van der Waals surface area contributed by atoms with E-state index in [0.717, 1.165) is 0 Å². The summed E-state index contributed by atoms with van der Waals surface area (Å²) in [4.78, 5) is 10.9. The minimum atomic E-state index is -1.32. The lowest BCUT2D eigenvalue weighted by atomic mass is 10.1. The molecule has 1 heterocycles. The number of hydrogen-bond donors (Lipinski definition) is 2. The third-order valence-electron chi connectivity index (χ3n) is 2.59. The fraction of sp³-hybridized carbons (Fsp3) is 0.0769. The lowest BCUT2D eigenvalue weighted by Crippen LogP contribution is -2.18. The maximum Gasteiger partial charge on any atom is 0.247 e. The Kier molecular flexibility index (Phi) is 3.69. The Labute approximate surface area is 114 Å². The smallest absolute Gasteiger partial charge is 0.247 e. The molecule has 2 rings (SSSR count). The molecule has 0 fully saturated rings. The molecule has 0 radical (unpaired) electrons. The average molecular weight is 279 g/mol. The summed E-state index contributed by atoms with van der Waals surface area (Å²) >= 11 is 6.02. The van der Waals surface area contributed by atoms with Crippen LogP contribution in [0.15, 0.2) is 47.0 Å². The monoisotopic (exact) mass is 278 g/mol. The molecule has 0 saturated carbocycles. The molecule has 98 valence electrons. The second-order valence-corrected chi connectivity index (χ2v) is 4.29. The second kappa shape index (κ2) is 5.26. The molecule has 2 aromatic rings. The quantitative estimate of drug-likeness (QED) is 0.838. The van der Waals surface area contributed by atoms with Crippen molar-refractivity contribution in [2.45, 2.75) is 6.10 Å². The Morgan fingerprint density at radius 2 is 2.16 bits per heavy atom. The zero-order valence-electron chi connectivity index (χ0n) is 9.84. The standard InChI is InChI=1S/C13H11ClN2O3/c1-7(13(15)18)12(17)11-6-10(16-19-11)8-4-2-3-5-9(8)14/h2-6,12,17H,1H2,(H2,15,18). The van der Waals surface area contributed by atoms with E-state index in [4.69, 9.17) is 21.9 Å². The number of nitrogens with zero attached hydrogens (tertiary/aromatic N) is 1. The van der Waals surface area contributed by atoms with E-state index in [0.29, 0.717) is 16.3 Å². The van der Waals surface area contributed by atoms with E-state index in [9.17, 15) is 9.90 Å². The number of primary amides is 1. The van der Waals surface area contributed by atoms with Crippen LogP contribution in [0.1, 0.15) is 11.9 Å². The van der Waals surface area contributed by atoms with E-state index in [1.165, 1.54) is 6.07 Å². The highest BCUT2D eigenvalue weighted by molar-refractivity contribution is 6.33. The molecule has 19 heavy (non-hydrogen) atoms. The van der Waals surface area contributed by atoms with Crippen LogP contribution in [0.2, 0.25) is 5.02 Å². The van der Waals surface area contributed by atoms with Crippen LogP contribution >= 0.6 is 11.6 Å². The molecule has 1 aromatic heterocycles. The summed E-state index contributed by atoms with van der Waals surface area (Å²) < 4.78 is 4.98. The molecule has 1 atom stereocenters. The molecule has 5 nitrogen and oxygen atoms in total. The lowest BCUT2D eigenvalue weighted by molar-refractivity contribution is -0.115. The van der Waals surface area contributed by atoms with Gasteiger partial charge in [-0.15, -0.1) is 0 Å². The topological polar surface area (TPSA) is 89.4 Å². The van der Waals surface area contributed by atoms with E-state index in [1.807, 2.05) is 0 Å². The van der Waals surface area contributed by atoms with E-state index in [1.54, 1.807) is 24.3 Å². The number of hydrogen-bond acceptors (Lipinski definition) is 4. The van der Waals surface area contributed by atoms with Gasteiger partial charge in [-0.25, -0.2) is 0 Å². The molecular formula is C13H11ClN2O3. The fourth-order valence-corrected chi connectivity index (χ4v) is 1.75. The number of aliphatic hydroxyl groups is 1. The summed E-state index contributed by atoms with van der Waals surface area (Å²) in [7, 11) is 0. The van der Waals surface area contributed by atoms with Crippen LogP contribution in [-0.2, 0) is 4.79 Å². The highest BCUT2D eigenvalue weighted by atomic mass is 35.5. The largest absolute Gasteiger partial charge is 0.380 e. The third kappa shape index (κ3) is 2.67. The molecule has 3 N–H and O–H groups in total. The van der Waals surface area contributed by atoms with Gasteiger partial charge in [0, 0.05) is 17.2 Å². The Hall–Kier alpha value is -2.11. The van der Waals surface area contributed by atoms with Gasteiger partial charge >= 0.3 is 0 Å². The molecule has 1 amide bonds. The van der Waals surface area contributed by atoms with Crippen LogP contribution < -0.4 is 5.73 Å². The molecule has 0 aliphatic rings. The summed E-state index contributed by atoms with van der Waals surface area (Å²) in [5.74, 6) is -0.720. The van der Waals surface area contributed by atoms with Gasteiger partial charge in [0.05, 0.1) is 5.02 Å². The van der Waals surface area contributed by atoms with Crippen molar-refractivity contribution < 1.29 is 14.4 Å². The van der Waals surface area contributed by atoms with Crippen molar-refractivity contribution in [3.05, 3.63) is 53.3 Å². The van der Waals surface area contributed by atoms with Crippen molar-refractivity contribution in [3.8, 4) is 11.3 Å². The van der Waals surface area contributed by atoms with Crippen LogP contribution in [0.4, 0.5) is 0 Å². The first kappa shape index (κ1) is 13.3. The SMILES string of the molecule is C=C(C(N)=O)C(O)c1cc(-c2ccccc2Cl)no1. The van der Waals surface area contributed by atoms with Gasteiger partial charge in [0.1, 0.15) is 11.8 Å². The van der Waals surface area contributed by atoms with Crippen LogP contribution in [0.25, 0.3) is 11.3 Å². The average Bonchev–Trinajstić information content (AvgIpc) is 2.86. The van der Waals surface area contributed by atoms with Gasteiger partial charge in [-0.05, 0) is 6.07 Å². The van der Waals surface area contributed by atoms with Crippen LogP contribution in [-0.4, -0.2) is 16.2 Å². The van der Waals surface area contributed by atoms with Gasteiger partial charge in [0.25, 0.3) is 0 Å². The summed E-state index contributed by atoms with van der Waals surface area (Å²) in [6, 6.07) is 8.55. The van der Waals surface area contributed by atoms with Gasteiger partial charge in [0.2, 0.25) is 5.91 Å². The fourth-order valence-electron chi connectivity index (χ4n) is 1.52. The zero-order chi connectivity index (χ0) is 14.0. The Morgan fingerprint density at radius 1 is 1.47 bits per heavy atom. The number of carbonyl (C=O) groups is 1. The number of aromatic nitrogens is 1. The summed E-state index contributed by atoms with van der Waals surface area (Å²) in [5.41, 5.74) is 5.99. The van der Waals surface area contributed by atoms with E-state index >= 15 is 0 Å². The van der Waals surface area contributed by atoms with Crippen LogP contribution in [0, 0.1) is 0 Å². The molecule has 1 aromatic carbocycles. The summed E-state index contributed by atoms with van der Waals surface area (Å²) in [6.07, 6.45) is -1.32. The maximum absolute atomic E-state index is 10.9. The van der Waals surface area contributed by atoms with Crippen LogP contribution in [0.5, 0.6) is 0 Å². The minimum Gasteiger partial charge on any atom is -0.380 e. The molecular weight excluding hydrogens is 268 g/mol. The van der Waals surface area contributed by atoms with E-state index in [2.05, 4.69) is 11.7 Å². The summed E-state index contributed by atoms with van der Waals surface area (Å²) in [5, 5.41) is 14.1. The Morgan fingerprint density at radius 3 is 2.79 bits per heavy atom. The Bertz CT molecular complexity index is 636. The molecule has 0 aliphatic heterocycles. The van der Waals surface area contributed by atoms with Crippen molar-refractivity contribution in [2.75, 3.05) is 0 Å². The zero-order valence-corrected chi connectivity index (χ0v) is 10.6. The van der Waals surface area contributed by atoms with Crippen molar-refractivity contribution in [1.29, 1.82) is 0 Å². The highest BCUT2D eigenvalue weighted by Crippen LogP contribution is 2.29. The number of nitrogens with two attached hydrogens (primary N) is 1. The first-order valence-electron chi connectivity index (χ1n) is 5.39. The first-order valence-corrected chi connectivity index (χ1v) is 5.76. The van der Waals surface area contributed by atoms with E-state index < -0.39 is 12.0 Å². The minimum absolute atomic E-state index is 0.0821. The van der Waals surface area contributed by atoms with Crippen molar-refractivity contribution >= 4 is 17.5 Å². The molecule has 0 spiro atoms. The normalized spacial score (nSPS) is 12.1. The van der Waals surface area contributed by atoms with Crippen molar-refractivity contribution in [2.24, 2.45) is 5.73 Å². The second-order valence-electron chi connectivity index (χ2n) is 3.89. The van der Waals surface area contributed by atoms with E-state index in [-0.39, 0.29) is 11.3 Å². The van der Waals surface area contributed by atoms with Crippen LogP contribution in [0.3, 0.4) is 0 Å². The third-order valence-corrected chi connectivity index (χ3v) is 2.92. The highest BCUT2D eigenvalue weighted by Gasteiger charge is 2.21. The molecule has 0 saturated heterocycles. The first-order chi connectivity index (χ1) is 9.00. The predicted molar refractivity (Wildman–Crippen MR) is 70.2 cm³/mol. The van der Waals surface area contributed by atoms with Gasteiger partial charge < -0.3 is 15.4 Å². The Balaban J connectivity index is 2.32. The maximum atomic E-state index is 10.9. The molecule has 0 bridgehead atoms. The lowest BCUT2D eigenvalue weighted by Gasteiger charge is -2.05. The van der Waals surface area contributed by atoms with Gasteiger partial charge in [-0.3, -0.25) is 4.79 Å². The number of rotatable bonds is 4. The number of carbonyl (C=O) groups excluding carboxylic acids is 1. The summed E-state index contributed by atoms with van der Waals surface area (Å²) in [6.45, 7) is 3.39. The molecule has 0 aliphatic carbocycles. The molecule has 6 heteroatoms. The predicted octanol–water partition coefficient (Wildman–Crippen LogP) is 2.07. The number of amides is 1.